The van der Waals surface area contributed by atoms with Gasteiger partial charge in [0, 0.05) is 12.1 Å². The Morgan fingerprint density at radius 1 is 1.18 bits per heavy atom. The second-order valence-electron chi connectivity index (χ2n) is 5.56. The van der Waals surface area contributed by atoms with E-state index in [1.807, 2.05) is 18.2 Å². The summed E-state index contributed by atoms with van der Waals surface area (Å²) in [6.45, 7) is 7.80. The highest BCUT2D eigenvalue weighted by atomic mass is 16.3. The van der Waals surface area contributed by atoms with Crippen molar-refractivity contribution in [1.82, 2.24) is 9.55 Å². The predicted molar refractivity (Wildman–Crippen MR) is 90.1 cm³/mol. The van der Waals surface area contributed by atoms with E-state index in [4.69, 9.17) is 4.98 Å². The normalized spacial score (nSPS) is 12.7. The van der Waals surface area contributed by atoms with Gasteiger partial charge in [0.15, 0.2) is 0 Å². The van der Waals surface area contributed by atoms with Gasteiger partial charge in [-0.15, -0.1) is 0 Å². The fraction of sp³-hybridized carbons (Fsp3) is 0.263. The molecule has 1 aromatic heterocycles. The molecule has 1 heterocycles. The molecule has 3 nitrogen and oxygen atoms in total. The summed E-state index contributed by atoms with van der Waals surface area (Å²) in [5, 5.41) is 9.75. The molecule has 22 heavy (non-hydrogen) atoms. The van der Waals surface area contributed by atoms with Crippen LogP contribution in [0.1, 0.15) is 36.9 Å². The molecule has 113 valence electrons. The van der Waals surface area contributed by atoms with Gasteiger partial charge >= 0.3 is 0 Å². The van der Waals surface area contributed by atoms with Gasteiger partial charge in [-0.2, -0.15) is 0 Å². The fourth-order valence-electron chi connectivity index (χ4n) is 2.74. The maximum absolute atomic E-state index is 9.75. The minimum absolute atomic E-state index is 0.476. The number of fused-ring (bicyclic) bond motifs is 1. The van der Waals surface area contributed by atoms with Crippen molar-refractivity contribution in [3.05, 3.63) is 66.3 Å². The molecule has 3 aromatic rings. The summed E-state index contributed by atoms with van der Waals surface area (Å²) in [5.74, 6) is 1.03. The molecule has 3 heteroatoms. The molecule has 1 radical (unpaired) electrons. The molecule has 1 unspecified atom stereocenters. The minimum atomic E-state index is -0.476. The van der Waals surface area contributed by atoms with Crippen molar-refractivity contribution in [2.75, 3.05) is 0 Å². The van der Waals surface area contributed by atoms with Crippen molar-refractivity contribution in [2.24, 2.45) is 0 Å². The first-order chi connectivity index (χ1) is 10.6. The number of aromatic nitrogens is 2. The monoisotopic (exact) mass is 293 g/mol. The molecule has 0 aliphatic heterocycles. The molecule has 0 amide bonds. The van der Waals surface area contributed by atoms with Crippen LogP contribution in [0.5, 0.6) is 0 Å². The van der Waals surface area contributed by atoms with Crippen LogP contribution in [-0.2, 0) is 12.8 Å². The molecular weight excluding hydrogens is 272 g/mol. The highest BCUT2D eigenvalue weighted by Gasteiger charge is 2.12. The first-order valence-corrected chi connectivity index (χ1v) is 7.72. The van der Waals surface area contributed by atoms with E-state index in [0.717, 1.165) is 41.0 Å². The van der Waals surface area contributed by atoms with Crippen molar-refractivity contribution < 1.29 is 5.11 Å². The summed E-state index contributed by atoms with van der Waals surface area (Å²) in [6, 6.07) is 14.4. The Morgan fingerprint density at radius 2 is 1.91 bits per heavy atom. The van der Waals surface area contributed by atoms with Gasteiger partial charge in [0.2, 0.25) is 0 Å². The fourth-order valence-corrected chi connectivity index (χ4v) is 2.74. The van der Waals surface area contributed by atoms with Crippen molar-refractivity contribution in [3.8, 4) is 5.69 Å². The van der Waals surface area contributed by atoms with Crippen molar-refractivity contribution in [1.29, 1.82) is 0 Å². The van der Waals surface area contributed by atoms with Crippen LogP contribution in [0.3, 0.4) is 0 Å². The van der Waals surface area contributed by atoms with Gasteiger partial charge in [-0.05, 0) is 55.7 Å². The highest BCUT2D eigenvalue weighted by Crippen LogP contribution is 2.25. The van der Waals surface area contributed by atoms with Crippen LogP contribution in [0, 0.1) is 6.92 Å². The molecular formula is C19H21N2O. The Labute approximate surface area is 131 Å². The molecule has 0 saturated heterocycles. The molecule has 0 aliphatic carbocycles. The second-order valence-corrected chi connectivity index (χ2v) is 5.56. The molecule has 3 rings (SSSR count). The molecule has 0 saturated carbocycles. The van der Waals surface area contributed by atoms with Gasteiger partial charge in [-0.1, -0.05) is 25.1 Å². The lowest BCUT2D eigenvalue weighted by molar-refractivity contribution is 0.199. The number of nitrogens with zero attached hydrogens (tertiary/aromatic N) is 2. The molecule has 0 bridgehead atoms. The molecule has 0 aliphatic rings. The average molecular weight is 293 g/mol. The van der Waals surface area contributed by atoms with Gasteiger partial charge < -0.3 is 5.11 Å². The van der Waals surface area contributed by atoms with E-state index < -0.39 is 6.10 Å². The van der Waals surface area contributed by atoms with E-state index in [-0.39, 0.29) is 0 Å². The Balaban J connectivity index is 2.18. The number of aliphatic hydroxyl groups is 1. The van der Waals surface area contributed by atoms with Gasteiger partial charge in [-0.3, -0.25) is 4.57 Å². The molecule has 1 atom stereocenters. The molecule has 0 fully saturated rings. The summed E-state index contributed by atoms with van der Waals surface area (Å²) in [5.41, 5.74) is 5.23. The van der Waals surface area contributed by atoms with E-state index in [1.165, 1.54) is 5.56 Å². The van der Waals surface area contributed by atoms with E-state index in [0.29, 0.717) is 0 Å². The lowest BCUT2D eigenvalue weighted by Crippen LogP contribution is -2.00. The van der Waals surface area contributed by atoms with Crippen molar-refractivity contribution in [2.45, 2.75) is 32.8 Å². The number of rotatable bonds is 4. The number of aliphatic hydroxyl groups excluding tert-OH is 1. The first-order valence-electron chi connectivity index (χ1n) is 7.72. The topological polar surface area (TPSA) is 38.0 Å². The van der Waals surface area contributed by atoms with E-state index in [9.17, 15) is 5.11 Å². The Morgan fingerprint density at radius 3 is 2.50 bits per heavy atom. The third-order valence-electron chi connectivity index (χ3n) is 4.03. The first kappa shape index (κ1) is 14.8. The van der Waals surface area contributed by atoms with Crippen LogP contribution < -0.4 is 0 Å². The largest absolute Gasteiger partial charge is 0.389 e. The van der Waals surface area contributed by atoms with Gasteiger partial charge in [-0.25, -0.2) is 4.98 Å². The standard InChI is InChI=1S/C19H21N2O/c1-4-14-6-9-16(10-7-14)21-18-11-8-15(13(3)22)12-17(18)20-19(21)5-2/h6-13,22H,1,4-5H2,2-3H3. The average Bonchev–Trinajstić information content (AvgIpc) is 2.92. The summed E-state index contributed by atoms with van der Waals surface area (Å²) in [4.78, 5) is 4.73. The summed E-state index contributed by atoms with van der Waals surface area (Å²) >= 11 is 0. The van der Waals surface area contributed by atoms with Gasteiger partial charge in [0.1, 0.15) is 5.82 Å². The maximum Gasteiger partial charge on any atom is 0.114 e. The van der Waals surface area contributed by atoms with Crippen LogP contribution in [0.4, 0.5) is 0 Å². The van der Waals surface area contributed by atoms with Crippen LogP contribution in [0.25, 0.3) is 16.7 Å². The minimum Gasteiger partial charge on any atom is -0.389 e. The summed E-state index contributed by atoms with van der Waals surface area (Å²) in [6.07, 6.45) is 1.18. The lowest BCUT2D eigenvalue weighted by atomic mass is 10.1. The summed E-state index contributed by atoms with van der Waals surface area (Å²) < 4.78 is 2.19. The molecule has 2 aromatic carbocycles. The summed E-state index contributed by atoms with van der Waals surface area (Å²) in [7, 11) is 0. The highest BCUT2D eigenvalue weighted by molar-refractivity contribution is 5.79. The number of benzene rings is 2. The van der Waals surface area contributed by atoms with E-state index in [2.05, 4.69) is 42.7 Å². The number of imidazole rings is 1. The van der Waals surface area contributed by atoms with Crippen LogP contribution >= 0.6 is 0 Å². The van der Waals surface area contributed by atoms with E-state index >= 15 is 0 Å². The quantitative estimate of drug-likeness (QED) is 0.789. The van der Waals surface area contributed by atoms with Crippen LogP contribution in [0.15, 0.2) is 42.5 Å². The van der Waals surface area contributed by atoms with Crippen LogP contribution in [0.2, 0.25) is 0 Å². The Bertz CT molecular complexity index is 785. The van der Waals surface area contributed by atoms with Gasteiger partial charge in [0.25, 0.3) is 0 Å². The van der Waals surface area contributed by atoms with Crippen molar-refractivity contribution in [3.63, 3.8) is 0 Å². The number of hydrogen-bond acceptors (Lipinski definition) is 2. The van der Waals surface area contributed by atoms with Gasteiger partial charge in [0.05, 0.1) is 17.1 Å². The zero-order valence-corrected chi connectivity index (χ0v) is 13.1. The lowest BCUT2D eigenvalue weighted by Gasteiger charge is -2.09. The Kier molecular flexibility index (Phi) is 3.99. The number of aryl methyl sites for hydroxylation is 1. The zero-order valence-electron chi connectivity index (χ0n) is 13.1. The van der Waals surface area contributed by atoms with E-state index in [1.54, 1.807) is 6.92 Å². The van der Waals surface area contributed by atoms with Crippen molar-refractivity contribution >= 4 is 11.0 Å². The smallest absolute Gasteiger partial charge is 0.114 e. The zero-order chi connectivity index (χ0) is 15.7. The number of hydrogen-bond donors (Lipinski definition) is 1. The SMILES string of the molecule is [CH2]Cc1ccc(-n2c(CC)nc3cc(C(C)O)ccc32)cc1. The third-order valence-corrected chi connectivity index (χ3v) is 4.03. The Hall–Kier alpha value is -2.13. The third kappa shape index (κ3) is 2.53. The molecule has 1 N–H and O–H groups in total. The van der Waals surface area contributed by atoms with Crippen LogP contribution in [-0.4, -0.2) is 14.7 Å². The predicted octanol–water partition coefficient (Wildman–Crippen LogP) is 4.02. The second kappa shape index (κ2) is 5.93. The maximum atomic E-state index is 9.75. The molecule has 0 spiro atoms.